The summed E-state index contributed by atoms with van der Waals surface area (Å²) in [6, 6.07) is 19.2. The molecule has 2 aromatic carbocycles. The topological polar surface area (TPSA) is 34.1 Å². The minimum atomic E-state index is -0.474. The first kappa shape index (κ1) is 16.0. The number of alkyl halides is 1. The van der Waals surface area contributed by atoms with Gasteiger partial charge >= 0.3 is 0 Å². The molecule has 1 unspecified atom stereocenters. The van der Waals surface area contributed by atoms with Crippen LogP contribution in [0.5, 0.6) is 5.75 Å². The van der Waals surface area contributed by atoms with E-state index in [4.69, 9.17) is 4.74 Å². The predicted molar refractivity (Wildman–Crippen MR) is 94.0 cm³/mol. The molecular formula is C20H19FN2O. The summed E-state index contributed by atoms with van der Waals surface area (Å²) in [5.41, 5.74) is 3.71. The van der Waals surface area contributed by atoms with Gasteiger partial charge in [-0.3, -0.25) is 4.98 Å². The first-order valence-corrected chi connectivity index (χ1v) is 7.75. The standard InChI is InChI=1S/C20H19FN2O/c1-24-19-7-5-16(6-8-19)20(17-9-11-22-12-10-17)23-18-4-2-3-15(13-18)14-21/h2-13,20,23H,14H2,1H3. The fourth-order valence-corrected chi connectivity index (χ4v) is 2.62. The number of pyridine rings is 1. The zero-order valence-corrected chi connectivity index (χ0v) is 13.4. The van der Waals surface area contributed by atoms with Gasteiger partial charge in [-0.05, 0) is 53.1 Å². The number of methoxy groups -OCH3 is 1. The second-order valence-electron chi connectivity index (χ2n) is 5.47. The highest BCUT2D eigenvalue weighted by Gasteiger charge is 2.14. The van der Waals surface area contributed by atoms with Crippen LogP contribution >= 0.6 is 0 Å². The molecule has 0 amide bonds. The third kappa shape index (κ3) is 3.71. The Bertz CT molecular complexity index is 775. The second kappa shape index (κ2) is 7.59. The van der Waals surface area contributed by atoms with E-state index in [9.17, 15) is 4.39 Å². The lowest BCUT2D eigenvalue weighted by molar-refractivity contribution is 0.414. The van der Waals surface area contributed by atoms with Crippen molar-refractivity contribution in [1.82, 2.24) is 4.98 Å². The van der Waals surface area contributed by atoms with Gasteiger partial charge in [0.1, 0.15) is 12.4 Å². The quantitative estimate of drug-likeness (QED) is 0.710. The Labute approximate surface area is 141 Å². The van der Waals surface area contributed by atoms with E-state index in [1.54, 1.807) is 25.6 Å². The highest BCUT2D eigenvalue weighted by molar-refractivity contribution is 5.51. The summed E-state index contributed by atoms with van der Waals surface area (Å²) in [6.07, 6.45) is 3.54. The maximum Gasteiger partial charge on any atom is 0.118 e. The van der Waals surface area contributed by atoms with Crippen molar-refractivity contribution >= 4 is 5.69 Å². The van der Waals surface area contributed by atoms with Crippen molar-refractivity contribution in [2.75, 3.05) is 12.4 Å². The summed E-state index contributed by atoms with van der Waals surface area (Å²) in [7, 11) is 1.65. The molecule has 122 valence electrons. The maximum absolute atomic E-state index is 12.9. The third-order valence-electron chi connectivity index (χ3n) is 3.88. The average Bonchev–Trinajstić information content (AvgIpc) is 2.67. The normalized spacial score (nSPS) is 11.8. The largest absolute Gasteiger partial charge is 0.497 e. The monoisotopic (exact) mass is 322 g/mol. The van der Waals surface area contributed by atoms with Crippen molar-refractivity contribution < 1.29 is 9.13 Å². The van der Waals surface area contributed by atoms with E-state index in [1.807, 2.05) is 54.6 Å². The molecule has 4 heteroatoms. The molecule has 0 radical (unpaired) electrons. The third-order valence-corrected chi connectivity index (χ3v) is 3.88. The number of hydrogen-bond donors (Lipinski definition) is 1. The van der Waals surface area contributed by atoms with Crippen LogP contribution in [0.1, 0.15) is 22.7 Å². The van der Waals surface area contributed by atoms with Crippen LogP contribution in [0.2, 0.25) is 0 Å². The molecule has 3 nitrogen and oxygen atoms in total. The molecule has 0 aliphatic heterocycles. The molecule has 0 saturated carbocycles. The summed E-state index contributed by atoms with van der Waals surface area (Å²) < 4.78 is 18.2. The lowest BCUT2D eigenvalue weighted by Crippen LogP contribution is -2.12. The Hall–Kier alpha value is -2.88. The summed E-state index contributed by atoms with van der Waals surface area (Å²) in [6.45, 7) is -0.474. The van der Waals surface area contributed by atoms with E-state index in [2.05, 4.69) is 10.3 Å². The highest BCUT2D eigenvalue weighted by Crippen LogP contribution is 2.28. The van der Waals surface area contributed by atoms with E-state index in [0.29, 0.717) is 5.56 Å². The van der Waals surface area contributed by atoms with E-state index in [-0.39, 0.29) is 6.04 Å². The average molecular weight is 322 g/mol. The first-order chi connectivity index (χ1) is 11.8. The van der Waals surface area contributed by atoms with Gasteiger partial charge in [0.2, 0.25) is 0 Å². The SMILES string of the molecule is COc1ccc(C(Nc2cccc(CF)c2)c2ccncc2)cc1. The summed E-state index contributed by atoms with van der Waals surface area (Å²) in [5.74, 6) is 0.812. The number of nitrogens with zero attached hydrogens (tertiary/aromatic N) is 1. The van der Waals surface area contributed by atoms with Crippen LogP contribution < -0.4 is 10.1 Å². The van der Waals surface area contributed by atoms with Crippen LogP contribution in [-0.2, 0) is 6.67 Å². The van der Waals surface area contributed by atoms with Gasteiger partial charge in [-0.2, -0.15) is 0 Å². The number of ether oxygens (including phenoxy) is 1. The zero-order valence-electron chi connectivity index (χ0n) is 13.4. The predicted octanol–water partition coefficient (Wildman–Crippen LogP) is 4.76. The molecule has 1 atom stereocenters. The first-order valence-electron chi connectivity index (χ1n) is 7.75. The Morgan fingerprint density at radius 2 is 1.71 bits per heavy atom. The smallest absolute Gasteiger partial charge is 0.118 e. The Morgan fingerprint density at radius 3 is 2.38 bits per heavy atom. The van der Waals surface area contributed by atoms with Crippen molar-refractivity contribution in [3.8, 4) is 5.75 Å². The number of halogens is 1. The molecule has 3 rings (SSSR count). The van der Waals surface area contributed by atoms with Gasteiger partial charge in [0.25, 0.3) is 0 Å². The van der Waals surface area contributed by atoms with Gasteiger partial charge in [0.05, 0.1) is 13.2 Å². The molecule has 0 aliphatic carbocycles. The summed E-state index contributed by atoms with van der Waals surface area (Å²) >= 11 is 0. The van der Waals surface area contributed by atoms with Crippen molar-refractivity contribution in [2.45, 2.75) is 12.7 Å². The van der Waals surface area contributed by atoms with Crippen LogP contribution in [-0.4, -0.2) is 12.1 Å². The number of aromatic nitrogens is 1. The van der Waals surface area contributed by atoms with Crippen molar-refractivity contribution in [2.24, 2.45) is 0 Å². The minimum absolute atomic E-state index is 0.0613. The molecule has 1 heterocycles. The number of rotatable bonds is 6. The number of benzene rings is 2. The summed E-state index contributed by atoms with van der Waals surface area (Å²) in [5, 5.41) is 3.49. The van der Waals surface area contributed by atoms with E-state index < -0.39 is 6.67 Å². The molecule has 0 bridgehead atoms. The maximum atomic E-state index is 12.9. The molecule has 0 fully saturated rings. The molecular weight excluding hydrogens is 303 g/mol. The molecule has 0 saturated heterocycles. The van der Waals surface area contributed by atoms with Crippen LogP contribution in [0.25, 0.3) is 0 Å². The fourth-order valence-electron chi connectivity index (χ4n) is 2.62. The molecule has 1 aromatic heterocycles. The van der Waals surface area contributed by atoms with Crippen molar-refractivity contribution in [3.05, 3.63) is 89.7 Å². The lowest BCUT2D eigenvalue weighted by atomic mass is 9.99. The number of anilines is 1. The molecule has 24 heavy (non-hydrogen) atoms. The van der Waals surface area contributed by atoms with Crippen molar-refractivity contribution in [3.63, 3.8) is 0 Å². The molecule has 0 spiro atoms. The van der Waals surface area contributed by atoms with Gasteiger partial charge < -0.3 is 10.1 Å². The van der Waals surface area contributed by atoms with Crippen LogP contribution in [0.3, 0.4) is 0 Å². The van der Waals surface area contributed by atoms with Gasteiger partial charge in [-0.25, -0.2) is 4.39 Å². The zero-order chi connectivity index (χ0) is 16.8. The summed E-state index contributed by atoms with van der Waals surface area (Å²) in [4.78, 5) is 4.09. The number of nitrogens with one attached hydrogen (secondary N) is 1. The van der Waals surface area contributed by atoms with Gasteiger partial charge in [-0.1, -0.05) is 24.3 Å². The van der Waals surface area contributed by atoms with Gasteiger partial charge in [-0.15, -0.1) is 0 Å². The van der Waals surface area contributed by atoms with Gasteiger partial charge in [0, 0.05) is 18.1 Å². The van der Waals surface area contributed by atoms with Crippen molar-refractivity contribution in [1.29, 1.82) is 0 Å². The molecule has 0 aliphatic rings. The Kier molecular flexibility index (Phi) is 5.06. The van der Waals surface area contributed by atoms with E-state index >= 15 is 0 Å². The molecule has 3 aromatic rings. The lowest BCUT2D eigenvalue weighted by Gasteiger charge is -2.21. The van der Waals surface area contributed by atoms with Crippen LogP contribution in [0.4, 0.5) is 10.1 Å². The number of hydrogen-bond acceptors (Lipinski definition) is 3. The Balaban J connectivity index is 1.95. The Morgan fingerprint density at radius 1 is 1.00 bits per heavy atom. The van der Waals surface area contributed by atoms with Crippen LogP contribution in [0.15, 0.2) is 73.1 Å². The van der Waals surface area contributed by atoms with Crippen LogP contribution in [0, 0.1) is 0 Å². The molecule has 1 N–H and O–H groups in total. The fraction of sp³-hybridized carbons (Fsp3) is 0.150. The van der Waals surface area contributed by atoms with E-state index in [0.717, 1.165) is 22.6 Å². The van der Waals surface area contributed by atoms with Gasteiger partial charge in [0.15, 0.2) is 0 Å². The second-order valence-corrected chi connectivity index (χ2v) is 5.47. The highest BCUT2D eigenvalue weighted by atomic mass is 19.1. The minimum Gasteiger partial charge on any atom is -0.497 e. The van der Waals surface area contributed by atoms with E-state index in [1.165, 1.54) is 0 Å².